The summed E-state index contributed by atoms with van der Waals surface area (Å²) in [5.74, 6) is 1.31. The highest BCUT2D eigenvalue weighted by molar-refractivity contribution is 5.94. The van der Waals surface area contributed by atoms with Crippen LogP contribution in [0.3, 0.4) is 0 Å². The number of benzene rings is 2. The first-order valence-electron chi connectivity index (χ1n) is 6.68. The quantitative estimate of drug-likeness (QED) is 0.848. The van der Waals surface area contributed by atoms with E-state index in [1.165, 1.54) is 0 Å². The second-order valence-electron chi connectivity index (χ2n) is 4.65. The summed E-state index contributed by atoms with van der Waals surface area (Å²) >= 11 is 0. The van der Waals surface area contributed by atoms with Crippen molar-refractivity contribution in [2.24, 2.45) is 0 Å². The number of hydrogen-bond donors (Lipinski definition) is 0. The minimum absolute atomic E-state index is 0.0217. The summed E-state index contributed by atoms with van der Waals surface area (Å²) in [4.78, 5) is 14.0. The molecule has 110 valence electrons. The number of ether oxygens (including phenoxy) is 2. The van der Waals surface area contributed by atoms with Crippen LogP contribution in [0.1, 0.15) is 5.56 Å². The molecule has 0 aromatic heterocycles. The number of nitrogens with zero attached hydrogens (tertiary/aromatic N) is 1. The van der Waals surface area contributed by atoms with E-state index in [1.807, 2.05) is 48.5 Å². The van der Waals surface area contributed by atoms with Crippen molar-refractivity contribution in [1.29, 1.82) is 0 Å². The lowest BCUT2D eigenvalue weighted by molar-refractivity contribution is -0.117. The Bertz CT molecular complexity index is 611. The summed E-state index contributed by atoms with van der Waals surface area (Å²) in [5.41, 5.74) is 1.77. The number of carbonyl (C=O) groups excluding carboxylic acids is 1. The van der Waals surface area contributed by atoms with Gasteiger partial charge in [0.05, 0.1) is 20.6 Å². The van der Waals surface area contributed by atoms with Crippen molar-refractivity contribution >= 4 is 11.6 Å². The summed E-state index contributed by atoms with van der Waals surface area (Å²) in [5, 5.41) is 0. The predicted molar refractivity (Wildman–Crippen MR) is 83.1 cm³/mol. The summed E-state index contributed by atoms with van der Waals surface area (Å²) in [6, 6.07) is 15.1. The Morgan fingerprint density at radius 3 is 2.29 bits per heavy atom. The average Bonchev–Trinajstić information content (AvgIpc) is 2.54. The van der Waals surface area contributed by atoms with Crippen molar-refractivity contribution in [1.82, 2.24) is 0 Å². The van der Waals surface area contributed by atoms with Crippen LogP contribution in [0.4, 0.5) is 5.69 Å². The lowest BCUT2D eigenvalue weighted by Crippen LogP contribution is -2.27. The van der Waals surface area contributed by atoms with E-state index in [0.717, 1.165) is 11.3 Å². The minimum Gasteiger partial charge on any atom is -0.493 e. The first kappa shape index (κ1) is 14.9. The van der Waals surface area contributed by atoms with Crippen LogP contribution in [0.5, 0.6) is 11.5 Å². The lowest BCUT2D eigenvalue weighted by Gasteiger charge is -2.17. The largest absolute Gasteiger partial charge is 0.493 e. The predicted octanol–water partition coefficient (Wildman–Crippen LogP) is 2.91. The van der Waals surface area contributed by atoms with Gasteiger partial charge in [-0.15, -0.1) is 0 Å². The van der Waals surface area contributed by atoms with E-state index in [-0.39, 0.29) is 5.91 Å². The Balaban J connectivity index is 2.12. The molecule has 0 radical (unpaired) electrons. The van der Waals surface area contributed by atoms with Crippen LogP contribution in [0.15, 0.2) is 48.5 Å². The fraction of sp³-hybridized carbons (Fsp3) is 0.235. The molecule has 0 aliphatic carbocycles. The van der Waals surface area contributed by atoms with Crippen molar-refractivity contribution in [2.45, 2.75) is 6.42 Å². The van der Waals surface area contributed by atoms with E-state index in [2.05, 4.69) is 0 Å². The van der Waals surface area contributed by atoms with Crippen LogP contribution in [0, 0.1) is 0 Å². The Kier molecular flexibility index (Phi) is 4.82. The molecule has 0 N–H and O–H groups in total. The number of anilines is 1. The molecule has 4 heteroatoms. The molecule has 0 unspecified atom stereocenters. The molecule has 21 heavy (non-hydrogen) atoms. The van der Waals surface area contributed by atoms with E-state index in [0.29, 0.717) is 17.9 Å². The molecule has 0 saturated heterocycles. The van der Waals surface area contributed by atoms with Gasteiger partial charge in [0.15, 0.2) is 11.5 Å². The van der Waals surface area contributed by atoms with Gasteiger partial charge in [0.2, 0.25) is 5.91 Å². The lowest BCUT2D eigenvalue weighted by atomic mass is 10.1. The number of rotatable bonds is 5. The Morgan fingerprint density at radius 1 is 1.00 bits per heavy atom. The van der Waals surface area contributed by atoms with Crippen LogP contribution < -0.4 is 14.4 Å². The van der Waals surface area contributed by atoms with Crippen LogP contribution in [0.2, 0.25) is 0 Å². The first-order valence-corrected chi connectivity index (χ1v) is 6.68. The minimum atomic E-state index is 0.0217. The van der Waals surface area contributed by atoms with Gasteiger partial charge in [0.1, 0.15) is 0 Å². The number of para-hydroxylation sites is 1. The maximum absolute atomic E-state index is 12.3. The van der Waals surface area contributed by atoms with Gasteiger partial charge < -0.3 is 14.4 Å². The van der Waals surface area contributed by atoms with E-state index in [9.17, 15) is 4.79 Å². The highest BCUT2D eigenvalue weighted by atomic mass is 16.5. The average molecular weight is 285 g/mol. The number of methoxy groups -OCH3 is 2. The molecule has 0 heterocycles. The third-order valence-corrected chi connectivity index (χ3v) is 3.32. The summed E-state index contributed by atoms with van der Waals surface area (Å²) in [6.45, 7) is 0. The number of likely N-dealkylation sites (N-methyl/N-ethyl adjacent to an activating group) is 1. The molecule has 2 aromatic carbocycles. The molecule has 0 bridgehead atoms. The van der Waals surface area contributed by atoms with Gasteiger partial charge in [0.25, 0.3) is 0 Å². The van der Waals surface area contributed by atoms with Crippen molar-refractivity contribution in [3.63, 3.8) is 0 Å². The zero-order chi connectivity index (χ0) is 15.2. The number of hydrogen-bond acceptors (Lipinski definition) is 3. The van der Waals surface area contributed by atoms with Gasteiger partial charge in [-0.2, -0.15) is 0 Å². The second-order valence-corrected chi connectivity index (χ2v) is 4.65. The Hall–Kier alpha value is -2.49. The van der Waals surface area contributed by atoms with Gasteiger partial charge in [-0.25, -0.2) is 0 Å². The zero-order valence-corrected chi connectivity index (χ0v) is 12.5. The summed E-state index contributed by atoms with van der Waals surface area (Å²) in [6.07, 6.45) is 0.311. The fourth-order valence-corrected chi connectivity index (χ4v) is 2.08. The fourth-order valence-electron chi connectivity index (χ4n) is 2.08. The second kappa shape index (κ2) is 6.79. The maximum Gasteiger partial charge on any atom is 0.231 e. The van der Waals surface area contributed by atoms with Crippen LogP contribution >= 0.6 is 0 Å². The molecule has 0 aliphatic heterocycles. The number of amides is 1. The van der Waals surface area contributed by atoms with E-state index < -0.39 is 0 Å². The van der Waals surface area contributed by atoms with Gasteiger partial charge in [-0.05, 0) is 29.8 Å². The highest BCUT2D eigenvalue weighted by Crippen LogP contribution is 2.28. The molecular formula is C17H19NO3. The maximum atomic E-state index is 12.3. The monoisotopic (exact) mass is 285 g/mol. The van der Waals surface area contributed by atoms with E-state index in [1.54, 1.807) is 26.2 Å². The highest BCUT2D eigenvalue weighted by Gasteiger charge is 2.13. The third-order valence-electron chi connectivity index (χ3n) is 3.32. The van der Waals surface area contributed by atoms with Crippen molar-refractivity contribution < 1.29 is 14.3 Å². The van der Waals surface area contributed by atoms with Gasteiger partial charge >= 0.3 is 0 Å². The van der Waals surface area contributed by atoms with Gasteiger partial charge in [-0.1, -0.05) is 24.3 Å². The topological polar surface area (TPSA) is 38.8 Å². The van der Waals surface area contributed by atoms with Crippen molar-refractivity contribution in [3.8, 4) is 11.5 Å². The number of carbonyl (C=O) groups is 1. The van der Waals surface area contributed by atoms with Gasteiger partial charge in [-0.3, -0.25) is 4.79 Å². The molecule has 1 amide bonds. The molecular weight excluding hydrogens is 266 g/mol. The summed E-state index contributed by atoms with van der Waals surface area (Å²) in [7, 11) is 4.95. The zero-order valence-electron chi connectivity index (χ0n) is 12.5. The SMILES string of the molecule is COc1ccc(CC(=O)N(C)c2ccccc2)cc1OC. The molecule has 0 aliphatic rings. The molecule has 2 aromatic rings. The molecule has 0 atom stereocenters. The molecule has 2 rings (SSSR count). The molecule has 0 fully saturated rings. The van der Waals surface area contributed by atoms with E-state index in [4.69, 9.17) is 9.47 Å². The van der Waals surface area contributed by atoms with E-state index >= 15 is 0 Å². The standard InChI is InChI=1S/C17H19NO3/c1-18(14-7-5-4-6-8-14)17(19)12-13-9-10-15(20-2)16(11-13)21-3/h4-11H,12H2,1-3H3. The summed E-state index contributed by atoms with van der Waals surface area (Å²) < 4.78 is 10.4. The van der Waals surface area contributed by atoms with Crippen LogP contribution in [-0.4, -0.2) is 27.2 Å². The Morgan fingerprint density at radius 2 is 1.67 bits per heavy atom. The molecule has 0 saturated carbocycles. The van der Waals surface area contributed by atoms with Crippen LogP contribution in [-0.2, 0) is 11.2 Å². The van der Waals surface area contributed by atoms with Crippen molar-refractivity contribution in [3.05, 3.63) is 54.1 Å². The normalized spacial score (nSPS) is 10.0. The third kappa shape index (κ3) is 3.54. The van der Waals surface area contributed by atoms with Crippen LogP contribution in [0.25, 0.3) is 0 Å². The first-order chi connectivity index (χ1) is 10.2. The van der Waals surface area contributed by atoms with Crippen molar-refractivity contribution in [2.75, 3.05) is 26.2 Å². The Labute approximate surface area is 124 Å². The smallest absolute Gasteiger partial charge is 0.231 e. The molecule has 0 spiro atoms. The molecule has 4 nitrogen and oxygen atoms in total. The van der Waals surface area contributed by atoms with Gasteiger partial charge in [0, 0.05) is 12.7 Å².